The summed E-state index contributed by atoms with van der Waals surface area (Å²) in [6.07, 6.45) is 5.56. The summed E-state index contributed by atoms with van der Waals surface area (Å²) in [5.41, 5.74) is 0. The highest BCUT2D eigenvalue weighted by Crippen LogP contribution is 1.92. The Balaban J connectivity index is 3.80. The molecule has 2 heteroatoms. The van der Waals surface area contributed by atoms with Gasteiger partial charge < -0.3 is 4.79 Å². The molecular formula is C7H8O2. The van der Waals surface area contributed by atoms with E-state index in [4.69, 9.17) is 0 Å². The maximum Gasteiger partial charge on any atom is 0.142 e. The molecule has 0 aromatic carbocycles. The maximum absolute atomic E-state index is 10.0. The molecule has 0 bridgehead atoms. The van der Waals surface area contributed by atoms with E-state index in [1.807, 2.05) is 0 Å². The van der Waals surface area contributed by atoms with E-state index in [1.165, 1.54) is 18.2 Å². The second kappa shape index (κ2) is 4.97. The van der Waals surface area contributed by atoms with Gasteiger partial charge >= 0.3 is 0 Å². The molecule has 0 aliphatic carbocycles. The van der Waals surface area contributed by atoms with E-state index in [-0.39, 0.29) is 5.92 Å². The van der Waals surface area contributed by atoms with Crippen LogP contribution in [-0.2, 0) is 9.59 Å². The molecule has 0 rings (SSSR count). The van der Waals surface area contributed by atoms with Gasteiger partial charge in [0.2, 0.25) is 0 Å². The molecule has 1 atom stereocenters. The fraction of sp³-hybridized carbons (Fsp3) is 0.143. The van der Waals surface area contributed by atoms with Gasteiger partial charge in [-0.2, -0.15) is 0 Å². The standard InChI is InChI=1S/C7H8O2/c1-2-7(6-9)4-3-5-8/h2-7H,1H2. The number of carbonyl (C=O) groups excluding carboxylic acids is 2. The highest BCUT2D eigenvalue weighted by atomic mass is 16.1. The van der Waals surface area contributed by atoms with Crippen molar-refractivity contribution in [3.05, 3.63) is 24.8 Å². The minimum absolute atomic E-state index is 0.324. The molecule has 48 valence electrons. The van der Waals surface area contributed by atoms with Crippen LogP contribution in [0.5, 0.6) is 0 Å². The predicted octanol–water partition coefficient (Wildman–Crippen LogP) is 0.743. The molecule has 2 nitrogen and oxygen atoms in total. The van der Waals surface area contributed by atoms with E-state index in [1.54, 1.807) is 0 Å². The number of rotatable bonds is 4. The smallest absolute Gasteiger partial charge is 0.142 e. The Morgan fingerprint density at radius 2 is 2.00 bits per heavy atom. The molecule has 0 heterocycles. The van der Waals surface area contributed by atoms with E-state index >= 15 is 0 Å². The number of aldehydes is 2. The second-order valence-corrected chi connectivity index (χ2v) is 1.47. The fourth-order valence-electron chi connectivity index (χ4n) is 0.353. The Bertz CT molecular complexity index is 128. The van der Waals surface area contributed by atoms with Crippen LogP contribution in [0.3, 0.4) is 0 Å². The van der Waals surface area contributed by atoms with E-state index in [0.717, 1.165) is 0 Å². The largest absolute Gasteiger partial charge is 0.302 e. The summed E-state index contributed by atoms with van der Waals surface area (Å²) in [6.45, 7) is 3.39. The Morgan fingerprint density at radius 3 is 2.33 bits per heavy atom. The average Bonchev–Trinajstić information content (AvgIpc) is 1.91. The Kier molecular flexibility index (Phi) is 4.32. The molecule has 0 aromatic heterocycles. The minimum Gasteiger partial charge on any atom is -0.302 e. The quantitative estimate of drug-likeness (QED) is 0.315. The Hall–Kier alpha value is -1.18. The van der Waals surface area contributed by atoms with Gasteiger partial charge in [0.15, 0.2) is 0 Å². The summed E-state index contributed by atoms with van der Waals surface area (Å²) in [7, 11) is 0. The van der Waals surface area contributed by atoms with E-state index < -0.39 is 0 Å². The lowest BCUT2D eigenvalue weighted by Crippen LogP contribution is -1.90. The Morgan fingerprint density at radius 1 is 1.33 bits per heavy atom. The highest BCUT2D eigenvalue weighted by molar-refractivity contribution is 5.68. The normalized spacial score (nSPS) is 12.9. The Labute approximate surface area is 53.9 Å². The van der Waals surface area contributed by atoms with Crippen LogP contribution in [0, 0.1) is 5.92 Å². The zero-order valence-corrected chi connectivity index (χ0v) is 4.99. The first-order chi connectivity index (χ1) is 4.35. The van der Waals surface area contributed by atoms with Gasteiger partial charge in [-0.25, -0.2) is 0 Å². The molecular weight excluding hydrogens is 116 g/mol. The van der Waals surface area contributed by atoms with Crippen LogP contribution in [-0.4, -0.2) is 12.6 Å². The summed E-state index contributed by atoms with van der Waals surface area (Å²) in [6, 6.07) is 0. The van der Waals surface area contributed by atoms with Gasteiger partial charge in [0.25, 0.3) is 0 Å². The maximum atomic E-state index is 10.0. The molecule has 0 N–H and O–H groups in total. The second-order valence-electron chi connectivity index (χ2n) is 1.47. The molecule has 0 radical (unpaired) electrons. The van der Waals surface area contributed by atoms with Crippen molar-refractivity contribution in [1.29, 1.82) is 0 Å². The van der Waals surface area contributed by atoms with E-state index in [0.29, 0.717) is 12.6 Å². The van der Waals surface area contributed by atoms with Gasteiger partial charge in [-0.3, -0.25) is 4.79 Å². The summed E-state index contributed by atoms with van der Waals surface area (Å²) < 4.78 is 0. The molecule has 0 fully saturated rings. The van der Waals surface area contributed by atoms with Crippen LogP contribution < -0.4 is 0 Å². The monoisotopic (exact) mass is 124 g/mol. The molecule has 0 aromatic rings. The number of carbonyl (C=O) groups is 2. The van der Waals surface area contributed by atoms with Crippen LogP contribution in [0.15, 0.2) is 24.8 Å². The molecule has 0 amide bonds. The van der Waals surface area contributed by atoms with Crippen molar-refractivity contribution in [1.82, 2.24) is 0 Å². The van der Waals surface area contributed by atoms with Gasteiger partial charge in [-0.1, -0.05) is 12.2 Å². The third kappa shape index (κ3) is 3.41. The molecule has 0 saturated carbocycles. The number of hydrogen-bond donors (Lipinski definition) is 0. The SMILES string of the molecule is C=CC(C=O)C=CC=O. The number of allylic oxidation sites excluding steroid dienone is 3. The van der Waals surface area contributed by atoms with Crippen LogP contribution in [0.2, 0.25) is 0 Å². The minimum atomic E-state index is -0.324. The number of hydrogen-bond acceptors (Lipinski definition) is 2. The summed E-state index contributed by atoms with van der Waals surface area (Å²) in [5.74, 6) is -0.324. The van der Waals surface area contributed by atoms with Gasteiger partial charge in [0.1, 0.15) is 12.6 Å². The highest BCUT2D eigenvalue weighted by Gasteiger charge is 1.91. The van der Waals surface area contributed by atoms with Gasteiger partial charge in [0.05, 0.1) is 5.92 Å². The topological polar surface area (TPSA) is 34.1 Å². The van der Waals surface area contributed by atoms with Crippen molar-refractivity contribution in [2.45, 2.75) is 0 Å². The summed E-state index contributed by atoms with van der Waals surface area (Å²) >= 11 is 0. The van der Waals surface area contributed by atoms with Crippen LogP contribution in [0.4, 0.5) is 0 Å². The van der Waals surface area contributed by atoms with Crippen molar-refractivity contribution in [2.75, 3.05) is 0 Å². The molecule has 0 aliphatic heterocycles. The first-order valence-corrected chi connectivity index (χ1v) is 2.55. The zero-order chi connectivity index (χ0) is 7.11. The summed E-state index contributed by atoms with van der Waals surface area (Å²) in [4.78, 5) is 19.7. The lowest BCUT2D eigenvalue weighted by atomic mass is 10.1. The summed E-state index contributed by atoms with van der Waals surface area (Å²) in [5, 5.41) is 0. The van der Waals surface area contributed by atoms with Gasteiger partial charge in [-0.15, -0.1) is 6.58 Å². The first kappa shape index (κ1) is 7.82. The van der Waals surface area contributed by atoms with Crippen molar-refractivity contribution in [3.63, 3.8) is 0 Å². The van der Waals surface area contributed by atoms with Crippen molar-refractivity contribution < 1.29 is 9.59 Å². The third-order valence-electron chi connectivity index (χ3n) is 0.841. The van der Waals surface area contributed by atoms with Gasteiger partial charge in [0, 0.05) is 0 Å². The van der Waals surface area contributed by atoms with E-state index in [2.05, 4.69) is 6.58 Å². The van der Waals surface area contributed by atoms with E-state index in [9.17, 15) is 9.59 Å². The van der Waals surface area contributed by atoms with Crippen LogP contribution in [0.25, 0.3) is 0 Å². The average molecular weight is 124 g/mol. The predicted molar refractivity (Wildman–Crippen MR) is 35.0 cm³/mol. The zero-order valence-electron chi connectivity index (χ0n) is 4.99. The van der Waals surface area contributed by atoms with Crippen molar-refractivity contribution in [3.8, 4) is 0 Å². The van der Waals surface area contributed by atoms with Crippen LogP contribution in [0.1, 0.15) is 0 Å². The lowest BCUT2D eigenvalue weighted by Gasteiger charge is -1.89. The molecule has 0 saturated heterocycles. The fourth-order valence-corrected chi connectivity index (χ4v) is 0.353. The first-order valence-electron chi connectivity index (χ1n) is 2.55. The van der Waals surface area contributed by atoms with Crippen LogP contribution >= 0.6 is 0 Å². The molecule has 0 spiro atoms. The van der Waals surface area contributed by atoms with Crippen molar-refractivity contribution in [2.24, 2.45) is 5.92 Å². The molecule has 9 heavy (non-hydrogen) atoms. The molecule has 1 unspecified atom stereocenters. The lowest BCUT2D eigenvalue weighted by molar-refractivity contribution is -0.108. The molecule has 0 aliphatic rings. The van der Waals surface area contributed by atoms with Gasteiger partial charge in [-0.05, 0) is 6.08 Å². The third-order valence-corrected chi connectivity index (χ3v) is 0.841. The van der Waals surface area contributed by atoms with Crippen molar-refractivity contribution >= 4 is 12.6 Å².